The third-order valence-corrected chi connectivity index (χ3v) is 12.0. The topological polar surface area (TPSA) is 51.5 Å². The van der Waals surface area contributed by atoms with Crippen LogP contribution >= 0.6 is 0 Å². The molecule has 9 rings (SSSR count). The Kier molecular flexibility index (Phi) is 11.1. The van der Waals surface area contributed by atoms with Crippen molar-refractivity contribution >= 4 is 35.0 Å². The van der Waals surface area contributed by atoms with Gasteiger partial charge in [0.15, 0.2) is 0 Å². The van der Waals surface area contributed by atoms with Gasteiger partial charge in [-0.1, -0.05) is 176 Å². The van der Waals surface area contributed by atoms with E-state index in [-0.39, 0.29) is 5.41 Å². The molecule has 5 aromatic carbocycles. The van der Waals surface area contributed by atoms with Crippen LogP contribution in [-0.2, 0) is 13.0 Å². The highest BCUT2D eigenvalue weighted by Gasteiger charge is 2.56. The molecular formula is C53H52N4. The fourth-order valence-electron chi connectivity index (χ4n) is 8.84. The van der Waals surface area contributed by atoms with Gasteiger partial charge < -0.3 is 10.2 Å². The van der Waals surface area contributed by atoms with E-state index in [4.69, 9.17) is 5.41 Å². The van der Waals surface area contributed by atoms with Crippen LogP contribution in [0.3, 0.4) is 0 Å². The molecule has 2 fully saturated rings. The summed E-state index contributed by atoms with van der Waals surface area (Å²) in [6.07, 6.45) is 19.7. The van der Waals surface area contributed by atoms with Crippen LogP contribution in [0, 0.1) is 28.6 Å². The zero-order chi connectivity index (χ0) is 39.2. The highest BCUT2D eigenvalue weighted by Crippen LogP contribution is 2.59. The number of rotatable bonds is 11. The fraction of sp³-hybridized carbons (Fsp3) is 0.208. The number of nitrogens with zero attached hydrogens (tertiary/aromatic N) is 2. The summed E-state index contributed by atoms with van der Waals surface area (Å²) < 4.78 is 0. The molecule has 4 nitrogen and oxygen atoms in total. The molecular weight excluding hydrogens is 693 g/mol. The van der Waals surface area contributed by atoms with Gasteiger partial charge in [0.1, 0.15) is 5.84 Å². The van der Waals surface area contributed by atoms with E-state index in [1.807, 2.05) is 39.3 Å². The van der Waals surface area contributed by atoms with Gasteiger partial charge >= 0.3 is 0 Å². The van der Waals surface area contributed by atoms with E-state index < -0.39 is 0 Å². The van der Waals surface area contributed by atoms with Crippen LogP contribution in [-0.4, -0.2) is 38.1 Å². The maximum atomic E-state index is 8.42. The minimum absolute atomic E-state index is 0.00171. The lowest BCUT2D eigenvalue weighted by Crippen LogP contribution is -2.33. The van der Waals surface area contributed by atoms with Crippen molar-refractivity contribution in [3.63, 3.8) is 0 Å². The fourth-order valence-corrected chi connectivity index (χ4v) is 8.84. The van der Waals surface area contributed by atoms with E-state index in [1.54, 1.807) is 0 Å². The summed E-state index contributed by atoms with van der Waals surface area (Å²) in [5, 5.41) is 14.5. The summed E-state index contributed by atoms with van der Waals surface area (Å²) in [5.41, 5.74) is 10.1. The second-order valence-corrected chi connectivity index (χ2v) is 15.7. The molecule has 4 heteroatoms. The van der Waals surface area contributed by atoms with E-state index in [1.165, 1.54) is 49.4 Å². The number of amidine groups is 1. The van der Waals surface area contributed by atoms with Crippen LogP contribution in [0.1, 0.15) is 40.2 Å². The van der Waals surface area contributed by atoms with Crippen LogP contribution < -0.4 is 15.8 Å². The first-order valence-electron chi connectivity index (χ1n) is 20.2. The normalized spacial score (nSPS) is 22.6. The molecule has 0 bridgehead atoms. The van der Waals surface area contributed by atoms with Crippen molar-refractivity contribution < 1.29 is 0 Å². The minimum atomic E-state index is -0.00171. The predicted octanol–water partition coefficient (Wildman–Crippen LogP) is 9.48. The van der Waals surface area contributed by atoms with Gasteiger partial charge in [0.2, 0.25) is 0 Å². The first-order chi connectivity index (χ1) is 28.0. The van der Waals surface area contributed by atoms with Crippen molar-refractivity contribution in [1.29, 1.82) is 5.41 Å². The number of nitrogens with one attached hydrogen (secondary N) is 2. The molecule has 5 unspecified atom stereocenters. The van der Waals surface area contributed by atoms with Gasteiger partial charge in [-0.05, 0) is 86.1 Å². The molecule has 2 N–H and O–H groups in total. The maximum Gasteiger partial charge on any atom is 0.107 e. The summed E-state index contributed by atoms with van der Waals surface area (Å²) in [7, 11) is 5.90. The lowest BCUT2D eigenvalue weighted by atomic mass is 9.97. The zero-order valence-corrected chi connectivity index (χ0v) is 33.2. The number of hydrogen-bond donors (Lipinski definition) is 2. The highest BCUT2D eigenvalue weighted by molar-refractivity contribution is 6.05. The Morgan fingerprint density at radius 2 is 1.46 bits per heavy atom. The van der Waals surface area contributed by atoms with Crippen LogP contribution in [0.15, 0.2) is 181 Å². The van der Waals surface area contributed by atoms with Crippen molar-refractivity contribution in [2.45, 2.75) is 25.3 Å². The van der Waals surface area contributed by atoms with Crippen LogP contribution in [0.4, 0.5) is 0 Å². The quantitative estimate of drug-likeness (QED) is 0.0805. The summed E-state index contributed by atoms with van der Waals surface area (Å²) in [4.78, 5) is 6.47. The van der Waals surface area contributed by atoms with Gasteiger partial charge in [0.05, 0.1) is 5.41 Å². The third-order valence-electron chi connectivity index (χ3n) is 12.0. The van der Waals surface area contributed by atoms with Crippen molar-refractivity contribution in [2.24, 2.45) is 28.2 Å². The van der Waals surface area contributed by atoms with E-state index in [9.17, 15) is 0 Å². The molecule has 5 atom stereocenters. The molecule has 5 aromatic rings. The number of hydrogen-bond acceptors (Lipinski definition) is 3. The first-order valence-corrected chi connectivity index (χ1v) is 20.2. The Morgan fingerprint density at radius 3 is 2.14 bits per heavy atom. The smallest absolute Gasteiger partial charge is 0.107 e. The van der Waals surface area contributed by atoms with Gasteiger partial charge in [0.25, 0.3) is 0 Å². The summed E-state index contributed by atoms with van der Waals surface area (Å²) in [6.45, 7) is 0.811. The van der Waals surface area contributed by atoms with E-state index >= 15 is 0 Å². The number of fused-ring (bicyclic) bond motifs is 3. The molecule has 284 valence electrons. The van der Waals surface area contributed by atoms with E-state index in [2.05, 4.69) is 185 Å². The highest BCUT2D eigenvalue weighted by atomic mass is 15.2. The van der Waals surface area contributed by atoms with E-state index in [0.29, 0.717) is 23.7 Å². The third kappa shape index (κ3) is 8.18. The Balaban J connectivity index is 0.000000210. The molecule has 4 aliphatic carbocycles. The molecule has 4 aliphatic rings. The SMILES string of the molecule is CN(Cc1ccccc1)C(=N)C12C=CC=CC1C2.CN=CC1=c2ccccc2=CC2C1C2c1ccc(/C(=C/C(=C\Cc2ccccc2)c2ccccc2)NC)cc1. The average Bonchev–Trinajstić information content (AvgIpc) is 4.19. The van der Waals surface area contributed by atoms with Gasteiger partial charge in [-0.2, -0.15) is 0 Å². The molecule has 2 saturated carbocycles. The lowest BCUT2D eigenvalue weighted by molar-refractivity contribution is 0.462. The largest absolute Gasteiger partial charge is 0.388 e. The second-order valence-electron chi connectivity index (χ2n) is 15.7. The van der Waals surface area contributed by atoms with Crippen LogP contribution in [0.5, 0.6) is 0 Å². The predicted molar refractivity (Wildman–Crippen MR) is 240 cm³/mol. The Hall–Kier alpha value is -6.26. The van der Waals surface area contributed by atoms with Gasteiger partial charge in [-0.15, -0.1) is 0 Å². The van der Waals surface area contributed by atoms with E-state index in [0.717, 1.165) is 30.9 Å². The average molecular weight is 745 g/mol. The number of aliphatic imine (C=N–C) groups is 1. The van der Waals surface area contributed by atoms with Crippen molar-refractivity contribution in [2.75, 3.05) is 21.1 Å². The van der Waals surface area contributed by atoms with Crippen LogP contribution in [0.25, 0.3) is 22.9 Å². The lowest BCUT2D eigenvalue weighted by Gasteiger charge is -2.26. The molecule has 0 aromatic heterocycles. The minimum Gasteiger partial charge on any atom is -0.388 e. The Bertz CT molecular complexity index is 2480. The molecule has 0 heterocycles. The number of allylic oxidation sites excluding steroid dienone is 6. The molecule has 0 aliphatic heterocycles. The van der Waals surface area contributed by atoms with Gasteiger partial charge in [-0.3, -0.25) is 10.4 Å². The number of benzene rings is 5. The summed E-state index contributed by atoms with van der Waals surface area (Å²) >= 11 is 0. The van der Waals surface area contributed by atoms with Crippen LogP contribution in [0.2, 0.25) is 0 Å². The Morgan fingerprint density at radius 1 is 0.789 bits per heavy atom. The van der Waals surface area contributed by atoms with Gasteiger partial charge in [-0.25, -0.2) is 0 Å². The van der Waals surface area contributed by atoms with Gasteiger partial charge in [0, 0.05) is 45.5 Å². The standard InChI is InChI=1S/C37H34N2.C16H18N2/c1-38-25-34-32-16-10-9-15-31(32)23-33-36(37(33)34)29-21-19-28(20-22-29)35(39-2)24-30(27-13-7-4-8-14-27)18-17-26-11-5-3-6-12-26;1-18(12-13-7-3-2-4-8-13)15(17)16-10-6-5-9-14(16)11-16/h3-16,18-25,33,36-37,39H,17H2,1-2H3;2-10,14,17H,11-12H2,1H3/b30-18+,35-24-,38-25?;. The molecule has 0 saturated heterocycles. The second kappa shape index (κ2) is 16.9. The molecule has 0 spiro atoms. The Labute approximate surface area is 338 Å². The first kappa shape index (κ1) is 37.7. The monoisotopic (exact) mass is 744 g/mol. The van der Waals surface area contributed by atoms with Crippen molar-refractivity contribution in [1.82, 2.24) is 10.2 Å². The summed E-state index contributed by atoms with van der Waals surface area (Å²) in [5.74, 6) is 2.86. The molecule has 0 radical (unpaired) electrons. The zero-order valence-electron chi connectivity index (χ0n) is 33.2. The summed E-state index contributed by atoms with van der Waals surface area (Å²) in [6, 6.07) is 49.5. The molecule has 0 amide bonds. The van der Waals surface area contributed by atoms with Crippen molar-refractivity contribution in [3.05, 3.63) is 214 Å². The van der Waals surface area contributed by atoms with Crippen molar-refractivity contribution in [3.8, 4) is 0 Å². The molecule has 57 heavy (non-hydrogen) atoms. The maximum absolute atomic E-state index is 8.42.